The number of phenolic OH excluding ortho intramolecular Hbond substituents is 1. The van der Waals surface area contributed by atoms with E-state index in [1.807, 2.05) is 11.4 Å². The molecule has 0 amide bonds. The molecule has 1 aromatic carbocycles. The quantitative estimate of drug-likeness (QED) is 0.679. The molecule has 0 aliphatic rings. The van der Waals surface area contributed by atoms with Crippen LogP contribution in [0.3, 0.4) is 0 Å². The zero-order valence-electron chi connectivity index (χ0n) is 8.79. The Morgan fingerprint density at radius 2 is 1.88 bits per heavy atom. The largest absolute Gasteiger partial charge is 0.508 e. The molecule has 0 saturated heterocycles. The third kappa shape index (κ3) is 1.92. The first-order valence-corrected chi connectivity index (χ1v) is 5.95. The predicted octanol–water partition coefficient (Wildman–Crippen LogP) is 3.14. The van der Waals surface area contributed by atoms with Gasteiger partial charge in [-0.2, -0.15) is 0 Å². The van der Waals surface area contributed by atoms with Crippen LogP contribution in [0.15, 0.2) is 42.0 Å². The summed E-state index contributed by atoms with van der Waals surface area (Å²) in [5.74, 6) is 1.04. The van der Waals surface area contributed by atoms with Crippen LogP contribution in [0.2, 0.25) is 0 Å². The maximum atomic E-state index is 9.21. The normalized spacial score (nSPS) is 10.6. The highest BCUT2D eigenvalue weighted by atomic mass is 32.1. The van der Waals surface area contributed by atoms with Gasteiger partial charge < -0.3 is 10.4 Å². The number of nitrogens with zero attached hydrogens (tertiary/aromatic N) is 2. The Morgan fingerprint density at radius 1 is 1.06 bits per heavy atom. The second-order valence-corrected chi connectivity index (χ2v) is 4.45. The molecule has 0 spiro atoms. The van der Waals surface area contributed by atoms with E-state index in [0.717, 1.165) is 21.7 Å². The van der Waals surface area contributed by atoms with Gasteiger partial charge in [0.1, 0.15) is 12.1 Å². The van der Waals surface area contributed by atoms with Crippen LogP contribution in [0.4, 0.5) is 11.5 Å². The van der Waals surface area contributed by atoms with Gasteiger partial charge in [-0.3, -0.25) is 0 Å². The molecule has 5 heteroatoms. The Bertz CT molecular complexity index is 648. The van der Waals surface area contributed by atoms with E-state index in [4.69, 9.17) is 0 Å². The average molecular weight is 243 g/mol. The number of hydrogen-bond acceptors (Lipinski definition) is 5. The number of aromatic nitrogens is 2. The molecule has 2 aromatic heterocycles. The van der Waals surface area contributed by atoms with Crippen molar-refractivity contribution in [2.24, 2.45) is 0 Å². The smallest absolute Gasteiger partial charge is 0.151 e. The van der Waals surface area contributed by atoms with Crippen LogP contribution in [0, 0.1) is 0 Å². The Hall–Kier alpha value is -2.14. The molecule has 2 heterocycles. The standard InChI is InChI=1S/C12H9N3OS/c16-9-3-1-8(2-4-9)15-12-11-10(5-6-17-11)13-7-14-12/h1-7,16H,(H,13,14,15). The molecule has 3 rings (SSSR count). The first-order chi connectivity index (χ1) is 8.33. The molecule has 0 radical (unpaired) electrons. The number of phenols is 1. The monoisotopic (exact) mass is 243 g/mol. The second kappa shape index (κ2) is 4.03. The van der Waals surface area contributed by atoms with E-state index in [-0.39, 0.29) is 5.75 Å². The lowest BCUT2D eigenvalue weighted by molar-refractivity contribution is 0.475. The van der Waals surface area contributed by atoms with E-state index < -0.39 is 0 Å². The highest BCUT2D eigenvalue weighted by Crippen LogP contribution is 2.27. The number of aromatic hydroxyl groups is 1. The lowest BCUT2D eigenvalue weighted by Gasteiger charge is -2.05. The van der Waals surface area contributed by atoms with Crippen LogP contribution in [0.1, 0.15) is 0 Å². The Labute approximate surface area is 102 Å². The second-order valence-electron chi connectivity index (χ2n) is 3.53. The number of hydrogen-bond donors (Lipinski definition) is 2. The van der Waals surface area contributed by atoms with Gasteiger partial charge in [0.05, 0.1) is 10.2 Å². The van der Waals surface area contributed by atoms with Crippen molar-refractivity contribution in [1.82, 2.24) is 9.97 Å². The fourth-order valence-electron chi connectivity index (χ4n) is 1.56. The van der Waals surface area contributed by atoms with Crippen molar-refractivity contribution in [2.45, 2.75) is 0 Å². The summed E-state index contributed by atoms with van der Waals surface area (Å²) in [7, 11) is 0. The van der Waals surface area contributed by atoms with Crippen molar-refractivity contribution < 1.29 is 5.11 Å². The molecule has 3 aromatic rings. The molecule has 0 fully saturated rings. The Kier molecular flexibility index (Phi) is 2.38. The van der Waals surface area contributed by atoms with Gasteiger partial charge in [0.15, 0.2) is 5.82 Å². The zero-order chi connectivity index (χ0) is 11.7. The van der Waals surface area contributed by atoms with Crippen LogP contribution in [-0.2, 0) is 0 Å². The van der Waals surface area contributed by atoms with Crippen LogP contribution in [0.25, 0.3) is 10.2 Å². The number of benzene rings is 1. The number of nitrogens with one attached hydrogen (secondary N) is 1. The molecule has 0 aliphatic heterocycles. The van der Waals surface area contributed by atoms with Crippen molar-refractivity contribution in [1.29, 1.82) is 0 Å². The van der Waals surface area contributed by atoms with E-state index in [0.29, 0.717) is 0 Å². The first-order valence-electron chi connectivity index (χ1n) is 5.07. The summed E-state index contributed by atoms with van der Waals surface area (Å²) in [6.07, 6.45) is 1.54. The van der Waals surface area contributed by atoms with Crippen LogP contribution in [0.5, 0.6) is 5.75 Å². The Balaban J connectivity index is 1.99. The molecule has 0 atom stereocenters. The molecule has 0 bridgehead atoms. The number of fused-ring (bicyclic) bond motifs is 1. The third-order valence-electron chi connectivity index (χ3n) is 2.37. The van der Waals surface area contributed by atoms with Crippen molar-refractivity contribution in [2.75, 3.05) is 5.32 Å². The average Bonchev–Trinajstić information content (AvgIpc) is 2.81. The summed E-state index contributed by atoms with van der Waals surface area (Å²) in [6.45, 7) is 0. The van der Waals surface area contributed by atoms with E-state index in [2.05, 4.69) is 15.3 Å². The predicted molar refractivity (Wildman–Crippen MR) is 68.8 cm³/mol. The first kappa shape index (κ1) is 10.0. The number of thiophene rings is 1. The van der Waals surface area contributed by atoms with Crippen LogP contribution >= 0.6 is 11.3 Å². The molecule has 2 N–H and O–H groups in total. The van der Waals surface area contributed by atoms with Crippen LogP contribution < -0.4 is 5.32 Å². The van der Waals surface area contributed by atoms with Crippen LogP contribution in [-0.4, -0.2) is 15.1 Å². The maximum Gasteiger partial charge on any atom is 0.151 e. The third-order valence-corrected chi connectivity index (χ3v) is 3.28. The lowest BCUT2D eigenvalue weighted by atomic mass is 10.3. The van der Waals surface area contributed by atoms with Gasteiger partial charge in [-0.05, 0) is 35.7 Å². The molecule has 0 aliphatic carbocycles. The molecule has 17 heavy (non-hydrogen) atoms. The zero-order valence-corrected chi connectivity index (χ0v) is 9.61. The molecule has 0 unspecified atom stereocenters. The highest BCUT2D eigenvalue weighted by Gasteiger charge is 2.04. The summed E-state index contributed by atoms with van der Waals surface area (Å²) in [5.41, 5.74) is 1.82. The summed E-state index contributed by atoms with van der Waals surface area (Å²) in [5, 5.41) is 14.4. The molecular weight excluding hydrogens is 234 g/mol. The SMILES string of the molecule is Oc1ccc(Nc2ncnc3ccsc23)cc1. The van der Waals surface area contributed by atoms with Gasteiger partial charge in [0.2, 0.25) is 0 Å². The molecular formula is C12H9N3OS. The van der Waals surface area contributed by atoms with Gasteiger partial charge in [-0.25, -0.2) is 9.97 Å². The van der Waals surface area contributed by atoms with E-state index in [1.165, 1.54) is 6.33 Å². The molecule has 84 valence electrons. The summed E-state index contributed by atoms with van der Waals surface area (Å²) < 4.78 is 1.03. The molecule has 0 saturated carbocycles. The fourth-order valence-corrected chi connectivity index (χ4v) is 2.35. The molecule has 4 nitrogen and oxygen atoms in total. The van der Waals surface area contributed by atoms with Gasteiger partial charge in [-0.15, -0.1) is 11.3 Å². The van der Waals surface area contributed by atoms with Gasteiger partial charge in [-0.1, -0.05) is 0 Å². The topological polar surface area (TPSA) is 58.0 Å². The van der Waals surface area contributed by atoms with E-state index in [1.54, 1.807) is 35.6 Å². The van der Waals surface area contributed by atoms with E-state index in [9.17, 15) is 5.11 Å². The van der Waals surface area contributed by atoms with Crippen molar-refractivity contribution in [3.05, 3.63) is 42.0 Å². The summed E-state index contributed by atoms with van der Waals surface area (Å²) in [6, 6.07) is 8.84. The minimum Gasteiger partial charge on any atom is -0.508 e. The summed E-state index contributed by atoms with van der Waals surface area (Å²) in [4.78, 5) is 8.40. The van der Waals surface area contributed by atoms with Crippen molar-refractivity contribution in [3.8, 4) is 5.75 Å². The fraction of sp³-hybridized carbons (Fsp3) is 0. The lowest BCUT2D eigenvalue weighted by Crippen LogP contribution is -1.93. The highest BCUT2D eigenvalue weighted by molar-refractivity contribution is 7.17. The van der Waals surface area contributed by atoms with Gasteiger partial charge in [0.25, 0.3) is 0 Å². The van der Waals surface area contributed by atoms with Crippen molar-refractivity contribution in [3.63, 3.8) is 0 Å². The minimum atomic E-state index is 0.250. The minimum absolute atomic E-state index is 0.250. The number of anilines is 2. The van der Waals surface area contributed by atoms with E-state index >= 15 is 0 Å². The Morgan fingerprint density at radius 3 is 2.71 bits per heavy atom. The van der Waals surface area contributed by atoms with Crippen molar-refractivity contribution >= 4 is 33.1 Å². The van der Waals surface area contributed by atoms with Gasteiger partial charge >= 0.3 is 0 Å². The number of rotatable bonds is 2. The van der Waals surface area contributed by atoms with Gasteiger partial charge in [0, 0.05) is 5.69 Å². The summed E-state index contributed by atoms with van der Waals surface area (Å²) >= 11 is 1.60. The maximum absolute atomic E-state index is 9.21.